The first-order valence-corrected chi connectivity index (χ1v) is 40.6. The summed E-state index contributed by atoms with van der Waals surface area (Å²) >= 11 is -16.9. The number of halogens is 6. The summed E-state index contributed by atoms with van der Waals surface area (Å²) in [6, 6.07) is 0. The smallest absolute Gasteiger partial charge is 0.369 e. The van der Waals surface area contributed by atoms with Gasteiger partial charge in [0.25, 0.3) is 0 Å². The average Bonchev–Trinajstić information content (AvgIpc) is 1.94. The monoisotopic (exact) mass is 1350 g/mol. The molecule has 0 aromatic rings. The van der Waals surface area contributed by atoms with Gasteiger partial charge in [0.1, 0.15) is 0 Å². The molecule has 0 unspecified atom stereocenters. The second-order valence-corrected chi connectivity index (χ2v) is 37.0. The third kappa shape index (κ3) is 4980. The molecule has 0 aromatic carbocycles. The molecule has 240 valence electrons. The number of rotatable bonds is 0. The maximum atomic E-state index is 9.07. The van der Waals surface area contributed by atoms with Gasteiger partial charge in [-0.15, -0.1) is 0 Å². The van der Waals surface area contributed by atoms with Crippen molar-refractivity contribution in [2.75, 3.05) is 0 Å². The summed E-state index contributed by atoms with van der Waals surface area (Å²) in [4.78, 5) is 0. The van der Waals surface area contributed by atoms with Crippen LogP contribution in [-0.2, 0) is 46.0 Å². The molecule has 0 heterocycles. The van der Waals surface area contributed by atoms with Gasteiger partial charge in [-0.05, 0) is 0 Å². The van der Waals surface area contributed by atoms with Gasteiger partial charge in [0.15, 0.2) is 0 Å². The molecule has 36 heteroatoms. The van der Waals surface area contributed by atoms with Crippen LogP contribution >= 0.6 is 84.7 Å². The largest absolute Gasteiger partial charge is 0.369 e. The maximum Gasteiger partial charge on any atom is -0.369 e. The van der Waals surface area contributed by atoms with Gasteiger partial charge in [0, 0.05) is 0 Å². The Bertz CT molecular complexity index is 796. The average molecular weight is 1350 g/mol. The van der Waals surface area contributed by atoms with E-state index in [1.165, 1.54) is 0 Å². The fourth-order valence-electron chi connectivity index (χ4n) is 0. The van der Waals surface area contributed by atoms with E-state index in [0.29, 0.717) is 0 Å². The van der Waals surface area contributed by atoms with Crippen molar-refractivity contribution < 1.29 is 71.1 Å². The van der Waals surface area contributed by atoms with Crippen LogP contribution in [0.4, 0.5) is 0 Å². The topological polar surface area (TPSA) is 562 Å². The first-order valence-electron chi connectivity index (χ1n) is 3.93. The summed E-state index contributed by atoms with van der Waals surface area (Å²) in [5.74, 6) is 0. The zero-order chi connectivity index (χ0) is 27.0. The Morgan fingerprint density at radius 1 is 0.250 bits per heavy atom. The van der Waals surface area contributed by atoms with Gasteiger partial charge in [0.2, 0.25) is 0 Å². The van der Waals surface area contributed by atoms with Gasteiger partial charge in [-0.25, -0.2) is 0 Å². The molecule has 0 aliphatic carbocycles. The zero-order valence-electron chi connectivity index (χ0n) is 18.1. The summed E-state index contributed by atoms with van der Waals surface area (Å²) < 4.78 is 163. The van der Waals surface area contributed by atoms with Crippen LogP contribution < -0.4 is 62.0 Å². The Balaban J connectivity index is -0.0000000186. The fourth-order valence-corrected chi connectivity index (χ4v) is 0. The summed E-state index contributed by atoms with van der Waals surface area (Å²) in [6.07, 6.45) is 0. The van der Waals surface area contributed by atoms with E-state index >= 15 is 0 Å². The molecule has 0 aliphatic heterocycles. The quantitative estimate of drug-likeness (QED) is 0.128. The van der Waals surface area contributed by atoms with E-state index in [2.05, 4.69) is 0 Å². The number of hydrogen-bond donors (Lipinski definition) is 6. The first kappa shape index (κ1) is 77.3. The minimum Gasteiger partial charge on any atom is -0.369 e. The summed E-state index contributed by atoms with van der Waals surface area (Å²) in [7, 11) is 0. The molecule has 0 saturated heterocycles. The third-order valence-corrected chi connectivity index (χ3v) is 0. The molecule has 0 aliphatic rings. The van der Waals surface area contributed by atoms with Crippen LogP contribution in [0.5, 0.6) is 0 Å². The molecule has 0 amide bonds. The predicted octanol–water partition coefficient (Wildman–Crippen LogP) is -3.51. The van der Waals surface area contributed by atoms with Crippen molar-refractivity contribution in [3.63, 3.8) is 0 Å². The van der Waals surface area contributed by atoms with Crippen molar-refractivity contribution in [2.24, 2.45) is 0 Å². The van der Waals surface area contributed by atoms with Crippen LogP contribution in [0.2, 0.25) is 0 Å². The number of hydrogen-bond acceptors (Lipinski definition) is 18. The molecular weight excluding hydrogens is 1330 g/mol. The van der Waals surface area contributed by atoms with Gasteiger partial charge < -0.3 is 36.9 Å². The molecule has 0 rings (SSSR count). The molecule has 0 atom stereocenters. The number of quaternary nitrogens is 6. The summed E-state index contributed by atoms with van der Waals surface area (Å²) in [6.45, 7) is 0. The Kier molecular flexibility index (Phi) is 73.7. The van der Waals surface area contributed by atoms with E-state index < -0.39 is 67.4 Å². The van der Waals surface area contributed by atoms with Crippen LogP contribution in [0.1, 0.15) is 0 Å². The van der Waals surface area contributed by atoms with Crippen LogP contribution in [-0.4, -0.2) is 67.4 Å². The van der Waals surface area contributed by atoms with E-state index in [0.717, 1.165) is 0 Å². The van der Waals surface area contributed by atoms with Crippen molar-refractivity contribution in [3.05, 3.63) is 0 Å². The van der Waals surface area contributed by atoms with Crippen molar-refractivity contribution in [3.8, 4) is 0 Å². The van der Waals surface area contributed by atoms with Gasteiger partial charge in [-0.2, -0.15) is 0 Å². The second kappa shape index (κ2) is 34.3. The first-order chi connectivity index (χ1) is 12.0. The van der Waals surface area contributed by atoms with E-state index in [1.807, 2.05) is 84.7 Å². The van der Waals surface area contributed by atoms with Gasteiger partial charge >= 0.3 is 223 Å². The van der Waals surface area contributed by atoms with Crippen LogP contribution in [0.15, 0.2) is 0 Å². The molecule has 24 N–H and O–H groups in total. The van der Waals surface area contributed by atoms with E-state index in [1.54, 1.807) is 0 Å². The molecule has 36 heavy (non-hydrogen) atoms. The van der Waals surface area contributed by atoms with Gasteiger partial charge in [0.05, 0.1) is 0 Å². The predicted molar refractivity (Wildman–Crippen MR) is 132 cm³/mol. The van der Waals surface area contributed by atoms with Crippen molar-refractivity contribution >= 4 is 152 Å². The van der Waals surface area contributed by atoms with Gasteiger partial charge in [-0.3, -0.25) is 0 Å². The van der Waals surface area contributed by atoms with Crippen LogP contribution in [0.3, 0.4) is 0 Å². The van der Waals surface area contributed by atoms with Crippen molar-refractivity contribution in [2.45, 2.75) is 0 Å². The van der Waals surface area contributed by atoms with Crippen LogP contribution in [0.25, 0.3) is 0 Å². The van der Waals surface area contributed by atoms with Crippen molar-refractivity contribution in [1.82, 2.24) is 36.9 Å². The second-order valence-electron chi connectivity index (χ2n) is 2.36. The Labute approximate surface area is 256 Å². The Morgan fingerprint density at radius 2 is 0.250 bits per heavy atom. The van der Waals surface area contributed by atoms with E-state index in [-0.39, 0.29) is 36.9 Å². The summed E-state index contributed by atoms with van der Waals surface area (Å²) in [5, 5.41) is 0. The SMILES string of the molecule is O=[Se](=O)([O-])Br.O=[Se](=O)([O-])Br.O=[Se](=O)([O-])Br.O=[Se](=O)([O-])Br.O=[Se](=O)([O-])Br.O=[Se](=O)([O-])Br.[NH4+].[NH4+].[NH4+].[NH4+].[NH4+].[NH4+]. The Hall–Kier alpha value is 3.12. The molecule has 0 bridgehead atoms. The van der Waals surface area contributed by atoms with Gasteiger partial charge in [-0.1, -0.05) is 0 Å². The molecule has 24 nitrogen and oxygen atoms in total. The molecule has 0 aromatic heterocycles. The Morgan fingerprint density at radius 3 is 0.250 bits per heavy atom. The normalized spacial score (nSPS) is 9.67. The maximum absolute atomic E-state index is 9.07. The summed E-state index contributed by atoms with van der Waals surface area (Å²) in [5.41, 5.74) is 0. The molecule has 0 saturated carbocycles. The molecule has 0 radical (unpaired) electrons. The van der Waals surface area contributed by atoms with E-state index in [4.69, 9.17) is 71.1 Å². The molecular formula is H24Br6N6O18Se6. The molecule has 0 fully saturated rings. The third-order valence-electron chi connectivity index (χ3n) is 0. The zero-order valence-corrected chi connectivity index (χ0v) is 37.9. The van der Waals surface area contributed by atoms with Crippen molar-refractivity contribution in [1.29, 1.82) is 0 Å². The van der Waals surface area contributed by atoms with E-state index in [9.17, 15) is 0 Å². The standard InChI is InChI=1S/6BrHO3Se.6H3N/c6*1-5(2,3)4;;;;;;/h6*(H,2,3,4);6*1H3. The fraction of sp³-hybridized carbons (Fsp3) is 0. The van der Waals surface area contributed by atoms with Crippen LogP contribution in [0, 0.1) is 0 Å². The minimum absolute atomic E-state index is 0. The minimum atomic E-state index is -4.69. The molecule has 0 spiro atoms.